The smallest absolute Gasteiger partial charge is 0.337 e. The van der Waals surface area contributed by atoms with Crippen LogP contribution in [0, 0.1) is 13.8 Å². The van der Waals surface area contributed by atoms with Crippen LogP contribution in [0.2, 0.25) is 0 Å². The monoisotopic (exact) mass is 371 g/mol. The normalized spacial score (nSPS) is 10.7. The number of nitrogens with one attached hydrogen (secondary N) is 1. The molecule has 1 heterocycles. The molecule has 0 unspecified atom stereocenters. The Morgan fingerprint density at radius 3 is 2.04 bits per heavy atom. The van der Waals surface area contributed by atoms with Crippen molar-refractivity contribution in [3.8, 4) is 0 Å². The highest BCUT2D eigenvalue weighted by atomic mass is 16.5. The second-order valence-electron chi connectivity index (χ2n) is 5.81. The highest BCUT2D eigenvalue weighted by molar-refractivity contribution is 6.04. The Morgan fingerprint density at radius 1 is 1.04 bits per heavy atom. The Morgan fingerprint density at radius 2 is 1.59 bits per heavy atom. The molecule has 0 aliphatic heterocycles. The third kappa shape index (κ3) is 4.60. The number of methoxy groups -OCH3 is 2. The van der Waals surface area contributed by atoms with Crippen LogP contribution in [-0.4, -0.2) is 41.8 Å². The number of aryl methyl sites for hydroxylation is 2. The van der Waals surface area contributed by atoms with E-state index in [1.807, 2.05) is 20.9 Å². The van der Waals surface area contributed by atoms with E-state index in [4.69, 9.17) is 0 Å². The van der Waals surface area contributed by atoms with E-state index in [0.717, 1.165) is 17.0 Å². The summed E-state index contributed by atoms with van der Waals surface area (Å²) < 4.78 is 11.1. The fourth-order valence-electron chi connectivity index (χ4n) is 2.55. The Kier molecular flexibility index (Phi) is 6.12. The summed E-state index contributed by atoms with van der Waals surface area (Å²) in [6.07, 6.45) is 3.03. The van der Waals surface area contributed by atoms with Crippen LogP contribution in [0.3, 0.4) is 0 Å². The van der Waals surface area contributed by atoms with E-state index in [0.29, 0.717) is 0 Å². The van der Waals surface area contributed by atoms with E-state index in [9.17, 15) is 14.4 Å². The number of carbonyl (C=O) groups excluding carboxylic acids is 3. The fourth-order valence-corrected chi connectivity index (χ4v) is 2.55. The van der Waals surface area contributed by atoms with E-state index in [-0.39, 0.29) is 16.8 Å². The van der Waals surface area contributed by atoms with Crippen LogP contribution in [-0.2, 0) is 21.3 Å². The number of hydrogen-bond acceptors (Lipinski definition) is 6. The van der Waals surface area contributed by atoms with Crippen LogP contribution in [0.5, 0.6) is 0 Å². The van der Waals surface area contributed by atoms with Gasteiger partial charge in [0.25, 0.3) is 0 Å². The zero-order valence-corrected chi connectivity index (χ0v) is 15.8. The Bertz CT molecular complexity index is 893. The fraction of sp³-hybridized carbons (Fsp3) is 0.263. The summed E-state index contributed by atoms with van der Waals surface area (Å²) in [5.74, 6) is -1.68. The van der Waals surface area contributed by atoms with Crippen molar-refractivity contribution in [1.29, 1.82) is 0 Å². The van der Waals surface area contributed by atoms with Gasteiger partial charge in [-0.1, -0.05) is 0 Å². The summed E-state index contributed by atoms with van der Waals surface area (Å²) in [4.78, 5) is 35.8. The third-order valence-electron chi connectivity index (χ3n) is 4.01. The number of carbonyl (C=O) groups is 3. The first kappa shape index (κ1) is 19.9. The molecule has 0 radical (unpaired) electrons. The van der Waals surface area contributed by atoms with Gasteiger partial charge in [0.15, 0.2) is 0 Å². The lowest BCUT2D eigenvalue weighted by Gasteiger charge is -2.08. The minimum atomic E-state index is -0.631. The van der Waals surface area contributed by atoms with E-state index in [1.54, 1.807) is 10.8 Å². The van der Waals surface area contributed by atoms with Gasteiger partial charge in [-0.3, -0.25) is 9.48 Å². The number of aromatic nitrogens is 2. The molecule has 1 N–H and O–H groups in total. The minimum absolute atomic E-state index is 0.124. The van der Waals surface area contributed by atoms with Gasteiger partial charge in [-0.05, 0) is 38.1 Å². The zero-order chi connectivity index (χ0) is 20.1. The van der Waals surface area contributed by atoms with Crippen LogP contribution in [0.25, 0.3) is 6.08 Å². The molecule has 1 amide bonds. The second kappa shape index (κ2) is 8.31. The van der Waals surface area contributed by atoms with Crippen molar-refractivity contribution in [3.05, 3.63) is 52.4 Å². The van der Waals surface area contributed by atoms with Gasteiger partial charge in [0.05, 0.1) is 31.0 Å². The SMILES string of the molecule is COC(=O)c1cc(NC(=O)/C=C/c2c(C)nn(C)c2C)cc(C(=O)OC)c1. The second-order valence-corrected chi connectivity index (χ2v) is 5.81. The molecule has 8 heteroatoms. The molecule has 0 aliphatic rings. The summed E-state index contributed by atoms with van der Waals surface area (Å²) in [7, 11) is 4.28. The molecule has 1 aromatic heterocycles. The number of rotatable bonds is 5. The zero-order valence-electron chi connectivity index (χ0n) is 15.8. The number of amides is 1. The highest BCUT2D eigenvalue weighted by Gasteiger charge is 2.14. The minimum Gasteiger partial charge on any atom is -0.465 e. The van der Waals surface area contributed by atoms with E-state index in [2.05, 4.69) is 19.9 Å². The molecule has 0 saturated heterocycles. The Labute approximate surface area is 156 Å². The van der Waals surface area contributed by atoms with Crippen LogP contribution in [0.4, 0.5) is 5.69 Å². The molecule has 0 atom stereocenters. The molecule has 0 spiro atoms. The van der Waals surface area contributed by atoms with Crippen molar-refractivity contribution in [2.45, 2.75) is 13.8 Å². The highest BCUT2D eigenvalue weighted by Crippen LogP contribution is 2.18. The lowest BCUT2D eigenvalue weighted by Crippen LogP contribution is -2.12. The van der Waals surface area contributed by atoms with Crippen molar-refractivity contribution in [2.24, 2.45) is 7.05 Å². The van der Waals surface area contributed by atoms with Gasteiger partial charge in [0.1, 0.15) is 0 Å². The number of ether oxygens (including phenoxy) is 2. The van der Waals surface area contributed by atoms with Crippen molar-refractivity contribution in [2.75, 3.05) is 19.5 Å². The Balaban J connectivity index is 2.27. The van der Waals surface area contributed by atoms with E-state index in [1.165, 1.54) is 38.5 Å². The number of anilines is 1. The quantitative estimate of drug-likeness (QED) is 0.639. The summed E-state index contributed by atoms with van der Waals surface area (Å²) in [6.45, 7) is 3.76. The van der Waals surface area contributed by atoms with E-state index < -0.39 is 17.8 Å². The third-order valence-corrected chi connectivity index (χ3v) is 4.01. The molecule has 0 fully saturated rings. The average molecular weight is 371 g/mol. The molecule has 2 rings (SSSR count). The summed E-state index contributed by atoms with van der Waals surface area (Å²) in [5, 5.41) is 6.91. The first-order valence-electron chi connectivity index (χ1n) is 8.07. The number of benzene rings is 1. The van der Waals surface area contributed by atoms with Crippen molar-refractivity contribution < 1.29 is 23.9 Å². The standard InChI is InChI=1S/C19H21N3O5/c1-11-16(12(2)22(3)21-11)6-7-17(23)20-15-9-13(18(24)26-4)8-14(10-15)19(25)27-5/h6-10H,1-5H3,(H,20,23)/b7-6+. The predicted molar refractivity (Wildman–Crippen MR) is 99.5 cm³/mol. The maximum absolute atomic E-state index is 12.3. The van der Waals surface area contributed by atoms with Crippen molar-refractivity contribution in [3.63, 3.8) is 0 Å². The topological polar surface area (TPSA) is 99.5 Å². The van der Waals surface area contributed by atoms with Crippen LogP contribution >= 0.6 is 0 Å². The number of hydrogen-bond donors (Lipinski definition) is 1. The van der Waals surface area contributed by atoms with Crippen molar-refractivity contribution >= 4 is 29.6 Å². The van der Waals surface area contributed by atoms with Crippen molar-refractivity contribution in [1.82, 2.24) is 9.78 Å². The molecule has 2 aromatic rings. The first-order chi connectivity index (χ1) is 12.8. The number of esters is 2. The molecule has 142 valence electrons. The maximum Gasteiger partial charge on any atom is 0.337 e. The summed E-state index contributed by atoms with van der Waals surface area (Å²) >= 11 is 0. The van der Waals surface area contributed by atoms with Crippen LogP contribution in [0.1, 0.15) is 37.7 Å². The van der Waals surface area contributed by atoms with Gasteiger partial charge >= 0.3 is 11.9 Å². The summed E-state index contributed by atoms with van der Waals surface area (Å²) in [5.41, 5.74) is 3.10. The van der Waals surface area contributed by atoms with Gasteiger partial charge in [-0.2, -0.15) is 5.10 Å². The number of nitrogens with zero attached hydrogens (tertiary/aromatic N) is 2. The van der Waals surface area contributed by atoms with Crippen LogP contribution in [0.15, 0.2) is 24.3 Å². The van der Waals surface area contributed by atoms with E-state index >= 15 is 0 Å². The summed E-state index contributed by atoms with van der Waals surface area (Å²) in [6, 6.07) is 4.18. The average Bonchev–Trinajstić information content (AvgIpc) is 2.89. The van der Waals surface area contributed by atoms with Gasteiger partial charge in [-0.15, -0.1) is 0 Å². The first-order valence-corrected chi connectivity index (χ1v) is 8.07. The van der Waals surface area contributed by atoms with Gasteiger partial charge in [0.2, 0.25) is 5.91 Å². The molecule has 8 nitrogen and oxygen atoms in total. The lowest BCUT2D eigenvalue weighted by atomic mass is 10.1. The maximum atomic E-state index is 12.3. The van der Waals surface area contributed by atoms with Gasteiger partial charge < -0.3 is 14.8 Å². The molecule has 27 heavy (non-hydrogen) atoms. The molecule has 0 saturated carbocycles. The Hall–Kier alpha value is -3.42. The molecular formula is C19H21N3O5. The largest absolute Gasteiger partial charge is 0.465 e. The molecule has 1 aromatic carbocycles. The molecule has 0 aliphatic carbocycles. The van der Waals surface area contributed by atoms with Crippen LogP contribution < -0.4 is 5.32 Å². The lowest BCUT2D eigenvalue weighted by molar-refractivity contribution is -0.111. The van der Waals surface area contributed by atoms with Gasteiger partial charge in [0, 0.05) is 30.1 Å². The molecule has 0 bridgehead atoms. The molecular weight excluding hydrogens is 350 g/mol. The predicted octanol–water partition coefficient (Wildman–Crippen LogP) is 2.26. The van der Waals surface area contributed by atoms with Gasteiger partial charge in [-0.25, -0.2) is 9.59 Å².